The monoisotopic (exact) mass is 236 g/mol. The largest absolute Gasteiger partial charge is 0.349 e. The number of nitrogens with two attached hydrogens (primary N) is 1. The normalized spacial score (nSPS) is 12.4. The molecule has 0 aliphatic rings. The Kier molecular flexibility index (Phi) is 4.45. The Morgan fingerprint density at radius 1 is 1.41 bits per heavy atom. The fraction of sp³-hybridized carbons (Fsp3) is 0.500. The number of hydrogen-bond donors (Lipinski definition) is 3. The molecule has 0 bridgehead atoms. The van der Waals surface area contributed by atoms with Crippen molar-refractivity contribution < 1.29 is 4.79 Å². The van der Waals surface area contributed by atoms with Gasteiger partial charge in [0, 0.05) is 17.9 Å². The van der Waals surface area contributed by atoms with Gasteiger partial charge in [-0.25, -0.2) is 0 Å². The first-order valence-corrected chi connectivity index (χ1v) is 5.69. The zero-order chi connectivity index (χ0) is 13.0. The fourth-order valence-corrected chi connectivity index (χ4v) is 1.31. The highest BCUT2D eigenvalue weighted by molar-refractivity contribution is 5.99. The minimum Gasteiger partial charge on any atom is -0.349 e. The van der Waals surface area contributed by atoms with Gasteiger partial charge in [0.1, 0.15) is 0 Å². The SMILES string of the molecule is Cc1cc(NN)c(C(=O)NC(C)C(C)C)cn1. The summed E-state index contributed by atoms with van der Waals surface area (Å²) in [6.07, 6.45) is 1.53. The Morgan fingerprint density at radius 3 is 2.59 bits per heavy atom. The van der Waals surface area contributed by atoms with Crippen LogP contribution in [0.15, 0.2) is 12.3 Å². The van der Waals surface area contributed by atoms with Crippen LogP contribution in [0, 0.1) is 12.8 Å². The minimum absolute atomic E-state index is 0.106. The molecule has 5 heteroatoms. The molecule has 1 unspecified atom stereocenters. The third kappa shape index (κ3) is 3.42. The lowest BCUT2D eigenvalue weighted by molar-refractivity contribution is 0.0931. The van der Waals surface area contributed by atoms with E-state index in [2.05, 4.69) is 29.6 Å². The van der Waals surface area contributed by atoms with Crippen molar-refractivity contribution in [3.8, 4) is 0 Å². The highest BCUT2D eigenvalue weighted by Crippen LogP contribution is 2.14. The van der Waals surface area contributed by atoms with Crippen molar-refractivity contribution in [3.63, 3.8) is 0 Å². The maximum atomic E-state index is 12.0. The molecule has 17 heavy (non-hydrogen) atoms. The van der Waals surface area contributed by atoms with Crippen LogP contribution in [-0.2, 0) is 0 Å². The summed E-state index contributed by atoms with van der Waals surface area (Å²) >= 11 is 0. The van der Waals surface area contributed by atoms with E-state index in [1.807, 2.05) is 13.8 Å². The summed E-state index contributed by atoms with van der Waals surface area (Å²) in [6.45, 7) is 7.93. The molecular weight excluding hydrogens is 216 g/mol. The van der Waals surface area contributed by atoms with Gasteiger partial charge in [0.15, 0.2) is 0 Å². The highest BCUT2D eigenvalue weighted by Gasteiger charge is 2.15. The number of carbonyl (C=O) groups excluding carboxylic acids is 1. The first-order valence-electron chi connectivity index (χ1n) is 5.69. The number of carbonyl (C=O) groups is 1. The molecule has 0 fully saturated rings. The van der Waals surface area contributed by atoms with Gasteiger partial charge in [-0.05, 0) is 25.8 Å². The van der Waals surface area contributed by atoms with Crippen molar-refractivity contribution in [2.24, 2.45) is 11.8 Å². The van der Waals surface area contributed by atoms with Gasteiger partial charge in [-0.15, -0.1) is 0 Å². The van der Waals surface area contributed by atoms with Crippen LogP contribution in [0.3, 0.4) is 0 Å². The van der Waals surface area contributed by atoms with Gasteiger partial charge >= 0.3 is 0 Å². The Hall–Kier alpha value is -1.62. The topological polar surface area (TPSA) is 80.0 Å². The lowest BCUT2D eigenvalue weighted by Gasteiger charge is -2.18. The van der Waals surface area contributed by atoms with Gasteiger partial charge in [-0.3, -0.25) is 15.6 Å². The van der Waals surface area contributed by atoms with Crippen LogP contribution in [0.4, 0.5) is 5.69 Å². The highest BCUT2D eigenvalue weighted by atomic mass is 16.1. The third-order valence-electron chi connectivity index (χ3n) is 2.80. The molecule has 0 spiro atoms. The predicted molar refractivity (Wildman–Crippen MR) is 68.6 cm³/mol. The molecule has 1 aromatic heterocycles. The molecule has 0 saturated carbocycles. The second-order valence-electron chi connectivity index (χ2n) is 4.52. The van der Waals surface area contributed by atoms with E-state index in [4.69, 9.17) is 5.84 Å². The number of rotatable bonds is 4. The molecule has 0 aliphatic carbocycles. The lowest BCUT2D eigenvalue weighted by atomic mass is 10.1. The van der Waals surface area contributed by atoms with Crippen molar-refractivity contribution in [2.75, 3.05) is 5.43 Å². The van der Waals surface area contributed by atoms with E-state index in [0.29, 0.717) is 17.2 Å². The number of aromatic nitrogens is 1. The van der Waals surface area contributed by atoms with Crippen LogP contribution < -0.4 is 16.6 Å². The Morgan fingerprint density at radius 2 is 2.06 bits per heavy atom. The number of hydrogen-bond acceptors (Lipinski definition) is 4. The van der Waals surface area contributed by atoms with Crippen LogP contribution in [0.2, 0.25) is 0 Å². The van der Waals surface area contributed by atoms with Gasteiger partial charge < -0.3 is 10.7 Å². The first kappa shape index (κ1) is 13.4. The molecule has 1 atom stereocenters. The molecule has 5 nitrogen and oxygen atoms in total. The van der Waals surface area contributed by atoms with Gasteiger partial charge in [0.2, 0.25) is 0 Å². The molecule has 0 aromatic carbocycles. The van der Waals surface area contributed by atoms with E-state index in [-0.39, 0.29) is 11.9 Å². The van der Waals surface area contributed by atoms with Crippen molar-refractivity contribution in [2.45, 2.75) is 33.7 Å². The van der Waals surface area contributed by atoms with E-state index in [9.17, 15) is 4.79 Å². The third-order valence-corrected chi connectivity index (χ3v) is 2.80. The zero-order valence-electron chi connectivity index (χ0n) is 10.7. The Labute approximate surface area is 102 Å². The maximum Gasteiger partial charge on any atom is 0.255 e. The summed E-state index contributed by atoms with van der Waals surface area (Å²) in [5.74, 6) is 5.61. The molecule has 1 heterocycles. The number of anilines is 1. The van der Waals surface area contributed by atoms with E-state index < -0.39 is 0 Å². The van der Waals surface area contributed by atoms with Gasteiger partial charge in [0.05, 0.1) is 11.3 Å². The summed E-state index contributed by atoms with van der Waals surface area (Å²) in [5, 5.41) is 2.92. The fourth-order valence-electron chi connectivity index (χ4n) is 1.31. The number of nitrogen functional groups attached to an aromatic ring is 1. The van der Waals surface area contributed by atoms with Gasteiger partial charge in [-0.1, -0.05) is 13.8 Å². The molecule has 0 radical (unpaired) electrons. The summed E-state index contributed by atoms with van der Waals surface area (Å²) < 4.78 is 0. The molecule has 4 N–H and O–H groups in total. The quantitative estimate of drug-likeness (QED) is 0.546. The van der Waals surface area contributed by atoms with Crippen molar-refractivity contribution >= 4 is 11.6 Å². The number of nitrogens with zero attached hydrogens (tertiary/aromatic N) is 1. The zero-order valence-corrected chi connectivity index (χ0v) is 10.7. The second kappa shape index (κ2) is 5.63. The predicted octanol–water partition coefficient (Wildman–Crippen LogP) is 1.45. The standard InChI is InChI=1S/C12H20N4O/c1-7(2)9(4)15-12(17)10-6-14-8(3)5-11(10)16-13/h5-7,9H,13H2,1-4H3,(H,14,16)(H,15,17). The maximum absolute atomic E-state index is 12.0. The minimum atomic E-state index is -0.161. The lowest BCUT2D eigenvalue weighted by Crippen LogP contribution is -2.36. The smallest absolute Gasteiger partial charge is 0.255 e. The molecule has 94 valence electrons. The van der Waals surface area contributed by atoms with E-state index in [1.165, 1.54) is 6.20 Å². The average molecular weight is 236 g/mol. The summed E-state index contributed by atoms with van der Waals surface area (Å²) in [7, 11) is 0. The van der Waals surface area contributed by atoms with Crippen molar-refractivity contribution in [3.05, 3.63) is 23.5 Å². The van der Waals surface area contributed by atoms with Crippen LogP contribution in [-0.4, -0.2) is 16.9 Å². The van der Waals surface area contributed by atoms with Crippen molar-refractivity contribution in [1.29, 1.82) is 0 Å². The summed E-state index contributed by atoms with van der Waals surface area (Å²) in [4.78, 5) is 16.1. The van der Waals surface area contributed by atoms with Crippen molar-refractivity contribution in [1.82, 2.24) is 10.3 Å². The second-order valence-corrected chi connectivity index (χ2v) is 4.52. The molecule has 1 rings (SSSR count). The van der Waals surface area contributed by atoms with E-state index in [1.54, 1.807) is 6.07 Å². The van der Waals surface area contributed by atoms with Crippen LogP contribution in [0.1, 0.15) is 36.8 Å². The molecule has 0 aliphatic heterocycles. The van der Waals surface area contributed by atoms with Gasteiger partial charge in [0.25, 0.3) is 5.91 Å². The molecule has 0 saturated heterocycles. The summed E-state index contributed by atoms with van der Waals surface area (Å²) in [6, 6.07) is 1.85. The Bertz CT molecular complexity index is 403. The number of hydrazine groups is 1. The summed E-state index contributed by atoms with van der Waals surface area (Å²) in [5.41, 5.74) is 4.38. The number of pyridine rings is 1. The van der Waals surface area contributed by atoms with E-state index in [0.717, 1.165) is 5.69 Å². The molecular formula is C12H20N4O. The number of amides is 1. The average Bonchev–Trinajstić information content (AvgIpc) is 2.28. The Balaban J connectivity index is 2.89. The molecule has 1 amide bonds. The van der Waals surface area contributed by atoms with Crippen LogP contribution in [0.5, 0.6) is 0 Å². The molecule has 1 aromatic rings. The first-order chi connectivity index (χ1) is 7.95. The van der Waals surface area contributed by atoms with Gasteiger partial charge in [-0.2, -0.15) is 0 Å². The number of nitrogens with one attached hydrogen (secondary N) is 2. The van der Waals surface area contributed by atoms with E-state index >= 15 is 0 Å². The van der Waals surface area contributed by atoms with Crippen LogP contribution in [0.25, 0.3) is 0 Å². The van der Waals surface area contributed by atoms with Crippen LogP contribution >= 0.6 is 0 Å². The number of aryl methyl sites for hydroxylation is 1.